The van der Waals surface area contributed by atoms with E-state index >= 15 is 0 Å². The van der Waals surface area contributed by atoms with Crippen molar-refractivity contribution in [1.82, 2.24) is 0 Å². The van der Waals surface area contributed by atoms with Gasteiger partial charge in [0.15, 0.2) is 0 Å². The number of hydrogen-bond acceptors (Lipinski definition) is 2. The number of halogens is 2. The van der Waals surface area contributed by atoms with E-state index < -0.39 is 0 Å². The predicted molar refractivity (Wildman–Crippen MR) is 85.3 cm³/mol. The van der Waals surface area contributed by atoms with Crippen LogP contribution in [0.4, 0.5) is 5.69 Å². The first kappa shape index (κ1) is 14.3. The van der Waals surface area contributed by atoms with E-state index in [9.17, 15) is 9.59 Å². The Labute approximate surface area is 135 Å². The maximum atomic E-state index is 12.6. The molecule has 1 saturated heterocycles. The van der Waals surface area contributed by atoms with E-state index in [1.807, 2.05) is 31.2 Å². The Morgan fingerprint density at radius 3 is 2.10 bits per heavy atom. The van der Waals surface area contributed by atoms with Crippen LogP contribution in [0.25, 0.3) is 0 Å². The molecule has 0 N–H and O–H groups in total. The number of hydrogen-bond donors (Lipinski definition) is 0. The molecule has 1 aromatic rings. The Kier molecular flexibility index (Phi) is 3.75. The van der Waals surface area contributed by atoms with Gasteiger partial charge in [-0.15, -0.1) is 0 Å². The molecule has 1 heterocycles. The van der Waals surface area contributed by atoms with E-state index in [1.54, 1.807) is 0 Å². The fourth-order valence-corrected chi connectivity index (χ4v) is 4.35. The smallest absolute Gasteiger partial charge is 0.237 e. The molecule has 2 aliphatic rings. The third-order valence-electron chi connectivity index (χ3n) is 4.17. The summed E-state index contributed by atoms with van der Waals surface area (Å²) >= 11 is 7.19. The second kappa shape index (κ2) is 5.26. The van der Waals surface area contributed by atoms with Gasteiger partial charge in [-0.2, -0.15) is 0 Å². The first-order chi connectivity index (χ1) is 9.49. The van der Waals surface area contributed by atoms with Gasteiger partial charge in [0.1, 0.15) is 0 Å². The summed E-state index contributed by atoms with van der Waals surface area (Å²) in [5.74, 6) is -0.453. The number of aryl methyl sites for hydroxylation is 1. The summed E-state index contributed by atoms with van der Waals surface area (Å²) < 4.78 is 0. The van der Waals surface area contributed by atoms with Crippen molar-refractivity contribution < 1.29 is 9.59 Å². The minimum Gasteiger partial charge on any atom is -0.274 e. The number of rotatable bonds is 1. The second-order valence-corrected chi connectivity index (χ2v) is 7.92. The summed E-state index contributed by atoms with van der Waals surface area (Å²) in [4.78, 5) is 27.0. The average Bonchev–Trinajstić information content (AvgIpc) is 2.63. The van der Waals surface area contributed by atoms with E-state index in [1.165, 1.54) is 4.90 Å². The lowest BCUT2D eigenvalue weighted by atomic mass is 9.81. The lowest BCUT2D eigenvalue weighted by Crippen LogP contribution is -2.34. The van der Waals surface area contributed by atoms with Crippen LogP contribution in [0.15, 0.2) is 24.3 Å². The Bertz CT molecular complexity index is 547. The topological polar surface area (TPSA) is 37.4 Å². The maximum Gasteiger partial charge on any atom is 0.237 e. The quantitative estimate of drug-likeness (QED) is 0.535. The molecule has 1 aromatic carbocycles. The average molecular weight is 401 g/mol. The molecule has 4 atom stereocenters. The van der Waals surface area contributed by atoms with Crippen molar-refractivity contribution >= 4 is 49.4 Å². The largest absolute Gasteiger partial charge is 0.274 e. The first-order valence-electron chi connectivity index (χ1n) is 6.71. The first-order valence-corrected chi connectivity index (χ1v) is 8.55. The fourth-order valence-electron chi connectivity index (χ4n) is 3.12. The standard InChI is InChI=1S/C15H15Br2NO2/c1-8-3-2-4-9(5-8)18-14(19)10-6-12(16)13(17)7-11(10)15(18)20/h2-5,10-13H,6-7H2,1H3. The normalized spacial score (nSPS) is 33.5. The molecular formula is C15H15Br2NO2. The summed E-state index contributed by atoms with van der Waals surface area (Å²) in [5, 5.41) is 0. The third kappa shape index (κ3) is 2.25. The van der Waals surface area contributed by atoms with Crippen LogP contribution in [0, 0.1) is 18.8 Å². The Hall–Kier alpha value is -0.680. The van der Waals surface area contributed by atoms with Crippen LogP contribution in [-0.2, 0) is 9.59 Å². The molecule has 1 saturated carbocycles. The van der Waals surface area contributed by atoms with Crippen LogP contribution >= 0.6 is 31.9 Å². The van der Waals surface area contributed by atoms with E-state index in [4.69, 9.17) is 0 Å². The van der Waals surface area contributed by atoms with E-state index in [0.29, 0.717) is 18.5 Å². The molecule has 106 valence electrons. The zero-order valence-electron chi connectivity index (χ0n) is 11.1. The lowest BCUT2D eigenvalue weighted by Gasteiger charge is -2.29. The van der Waals surface area contributed by atoms with Crippen molar-refractivity contribution in [3.63, 3.8) is 0 Å². The van der Waals surface area contributed by atoms with Crippen molar-refractivity contribution in [2.75, 3.05) is 4.90 Å². The maximum absolute atomic E-state index is 12.6. The molecule has 0 aromatic heterocycles. The third-order valence-corrected chi connectivity index (χ3v) is 6.90. The second-order valence-electron chi connectivity index (χ2n) is 5.57. The molecule has 0 spiro atoms. The van der Waals surface area contributed by atoms with Crippen molar-refractivity contribution in [2.45, 2.75) is 29.4 Å². The molecule has 0 radical (unpaired) electrons. The van der Waals surface area contributed by atoms with Crippen LogP contribution in [0.2, 0.25) is 0 Å². The Morgan fingerprint density at radius 2 is 1.60 bits per heavy atom. The van der Waals surface area contributed by atoms with Gasteiger partial charge in [0.25, 0.3) is 0 Å². The van der Waals surface area contributed by atoms with Crippen LogP contribution in [0.3, 0.4) is 0 Å². The van der Waals surface area contributed by atoms with Gasteiger partial charge in [0, 0.05) is 9.65 Å². The Morgan fingerprint density at radius 1 is 1.05 bits per heavy atom. The number of nitrogens with zero attached hydrogens (tertiary/aromatic N) is 1. The van der Waals surface area contributed by atoms with Gasteiger partial charge in [-0.25, -0.2) is 0 Å². The van der Waals surface area contributed by atoms with Crippen LogP contribution in [0.1, 0.15) is 18.4 Å². The Balaban J connectivity index is 1.95. The number of anilines is 1. The van der Waals surface area contributed by atoms with Gasteiger partial charge in [0.05, 0.1) is 17.5 Å². The highest BCUT2D eigenvalue weighted by Crippen LogP contribution is 2.44. The summed E-state index contributed by atoms with van der Waals surface area (Å²) in [7, 11) is 0. The molecule has 4 unspecified atom stereocenters. The van der Waals surface area contributed by atoms with Gasteiger partial charge in [-0.1, -0.05) is 44.0 Å². The summed E-state index contributed by atoms with van der Waals surface area (Å²) in [6.45, 7) is 1.96. The van der Waals surface area contributed by atoms with Crippen molar-refractivity contribution in [2.24, 2.45) is 11.8 Å². The molecule has 1 aliphatic carbocycles. The molecule has 1 aliphatic heterocycles. The number of amides is 2. The highest BCUT2D eigenvalue weighted by molar-refractivity contribution is 9.12. The molecule has 5 heteroatoms. The summed E-state index contributed by atoms with van der Waals surface area (Å²) in [6.07, 6.45) is 1.43. The van der Waals surface area contributed by atoms with Gasteiger partial charge in [-0.05, 0) is 37.5 Å². The minimum atomic E-state index is -0.179. The zero-order valence-corrected chi connectivity index (χ0v) is 14.2. The van der Waals surface area contributed by atoms with Crippen molar-refractivity contribution in [1.29, 1.82) is 0 Å². The number of fused-ring (bicyclic) bond motifs is 1. The van der Waals surface area contributed by atoms with Gasteiger partial charge < -0.3 is 0 Å². The van der Waals surface area contributed by atoms with Crippen molar-refractivity contribution in [3.05, 3.63) is 29.8 Å². The summed E-state index contributed by atoms with van der Waals surface area (Å²) in [5.41, 5.74) is 1.75. The molecule has 0 bridgehead atoms. The predicted octanol–water partition coefficient (Wildman–Crippen LogP) is 3.42. The number of alkyl halides is 2. The number of carbonyl (C=O) groups is 2. The minimum absolute atomic E-state index is 0.0468. The van der Waals surface area contributed by atoms with Gasteiger partial charge in [0.2, 0.25) is 11.8 Å². The van der Waals surface area contributed by atoms with Crippen LogP contribution in [-0.4, -0.2) is 21.5 Å². The molecule has 20 heavy (non-hydrogen) atoms. The zero-order chi connectivity index (χ0) is 14.4. The summed E-state index contributed by atoms with van der Waals surface area (Å²) in [6, 6.07) is 7.57. The monoisotopic (exact) mass is 399 g/mol. The van der Waals surface area contributed by atoms with E-state index in [-0.39, 0.29) is 33.3 Å². The van der Waals surface area contributed by atoms with Gasteiger partial charge >= 0.3 is 0 Å². The highest BCUT2D eigenvalue weighted by atomic mass is 79.9. The SMILES string of the molecule is Cc1cccc(N2C(=O)C3CC(Br)C(Br)CC3C2=O)c1. The highest BCUT2D eigenvalue weighted by Gasteiger charge is 2.52. The molecular weight excluding hydrogens is 386 g/mol. The van der Waals surface area contributed by atoms with Crippen LogP contribution in [0.5, 0.6) is 0 Å². The fraction of sp³-hybridized carbons (Fsp3) is 0.467. The van der Waals surface area contributed by atoms with E-state index in [2.05, 4.69) is 31.9 Å². The number of carbonyl (C=O) groups excluding carboxylic acids is 2. The van der Waals surface area contributed by atoms with Gasteiger partial charge in [-0.3, -0.25) is 14.5 Å². The van der Waals surface area contributed by atoms with Crippen LogP contribution < -0.4 is 4.90 Å². The molecule has 2 fully saturated rings. The number of imide groups is 1. The lowest BCUT2D eigenvalue weighted by molar-refractivity contribution is -0.122. The van der Waals surface area contributed by atoms with Crippen molar-refractivity contribution in [3.8, 4) is 0 Å². The number of benzene rings is 1. The molecule has 3 rings (SSSR count). The van der Waals surface area contributed by atoms with E-state index in [0.717, 1.165) is 5.56 Å². The molecule has 2 amide bonds. The molecule has 3 nitrogen and oxygen atoms in total.